The lowest BCUT2D eigenvalue weighted by Gasteiger charge is -2.09. The predicted molar refractivity (Wildman–Crippen MR) is 76.2 cm³/mol. The van der Waals surface area contributed by atoms with Crippen LogP contribution in [-0.2, 0) is 25.6 Å². The van der Waals surface area contributed by atoms with Gasteiger partial charge in [0, 0.05) is 19.4 Å². The maximum atomic E-state index is 11.0. The summed E-state index contributed by atoms with van der Waals surface area (Å²) in [5.41, 5.74) is 0.914. The molecule has 122 valence electrons. The van der Waals surface area contributed by atoms with Crippen molar-refractivity contribution < 1.29 is 33.6 Å². The lowest BCUT2D eigenvalue weighted by Crippen LogP contribution is -2.16. The Labute approximate surface area is 128 Å². The highest BCUT2D eigenvalue weighted by Crippen LogP contribution is 2.01. The number of hydrogen-bond acceptors (Lipinski definition) is 7. The van der Waals surface area contributed by atoms with Gasteiger partial charge in [0.25, 0.3) is 0 Å². The fraction of sp³-hybridized carbons (Fsp3) is 0.467. The average molecular weight is 312 g/mol. The number of carbonyl (C=O) groups excluding carboxylic acids is 2. The van der Waals surface area contributed by atoms with Gasteiger partial charge in [-0.25, -0.2) is 9.59 Å². The van der Waals surface area contributed by atoms with Gasteiger partial charge in [0.15, 0.2) is 0 Å². The van der Waals surface area contributed by atoms with Gasteiger partial charge in [-0.05, 0) is 5.56 Å². The Morgan fingerprint density at radius 1 is 1.14 bits per heavy atom. The number of aliphatic hydroxyl groups is 1. The highest BCUT2D eigenvalue weighted by atomic mass is 16.7. The van der Waals surface area contributed by atoms with E-state index in [-0.39, 0.29) is 19.8 Å². The van der Waals surface area contributed by atoms with E-state index in [9.17, 15) is 9.59 Å². The number of cyclic esters (lactones) is 2. The molecule has 0 radical (unpaired) electrons. The van der Waals surface area contributed by atoms with E-state index in [1.54, 1.807) is 0 Å². The van der Waals surface area contributed by atoms with E-state index in [2.05, 4.69) is 14.2 Å². The summed E-state index contributed by atoms with van der Waals surface area (Å²) in [6, 6.07) is 9.36. The topological polar surface area (TPSA) is 91.3 Å². The van der Waals surface area contributed by atoms with Crippen molar-refractivity contribution in [2.45, 2.75) is 19.4 Å². The molecule has 7 heteroatoms. The van der Waals surface area contributed by atoms with Crippen LogP contribution >= 0.6 is 0 Å². The minimum Gasteiger partial charge on any atom is -0.434 e. The van der Waals surface area contributed by atoms with Crippen molar-refractivity contribution in [3.8, 4) is 0 Å². The monoisotopic (exact) mass is 312 g/mol. The largest absolute Gasteiger partial charge is 0.508 e. The van der Waals surface area contributed by atoms with Gasteiger partial charge >= 0.3 is 12.3 Å². The Hall–Kier alpha value is -2.28. The van der Waals surface area contributed by atoms with E-state index < -0.39 is 12.3 Å². The first-order valence-corrected chi connectivity index (χ1v) is 6.96. The maximum absolute atomic E-state index is 11.0. The van der Waals surface area contributed by atoms with Crippen molar-refractivity contribution in [3.63, 3.8) is 0 Å². The van der Waals surface area contributed by atoms with Gasteiger partial charge in [-0.1, -0.05) is 30.3 Å². The number of aliphatic hydroxyl groups excluding tert-OH is 1. The van der Waals surface area contributed by atoms with Crippen molar-refractivity contribution in [2.24, 2.45) is 0 Å². The zero-order valence-corrected chi connectivity index (χ0v) is 12.2. The highest BCUT2D eigenvalue weighted by molar-refractivity contribution is 5.60. The Kier molecular flexibility index (Phi) is 9.20. The molecule has 1 saturated heterocycles. The summed E-state index contributed by atoms with van der Waals surface area (Å²) in [5, 5.41) is 8.45. The van der Waals surface area contributed by atoms with Crippen LogP contribution in [0.25, 0.3) is 0 Å². The number of hydrogen-bond donors (Lipinski definition) is 1. The molecule has 2 rings (SSSR count). The SMILES string of the molecule is O=C(OCCCO)OCc1ccccc1.O=C1OCCCO1. The lowest BCUT2D eigenvalue weighted by molar-refractivity contribution is 0.0192. The smallest absolute Gasteiger partial charge is 0.434 e. The standard InChI is InChI=1S/C11H14O4.C4H6O3/c12-7-4-8-14-11(13)15-9-10-5-2-1-3-6-10;5-4-6-2-1-3-7-4/h1-3,5-6,12H,4,7-9H2;1-3H2. The molecule has 0 aliphatic carbocycles. The van der Waals surface area contributed by atoms with Crippen molar-refractivity contribution in [1.29, 1.82) is 0 Å². The second-order valence-corrected chi connectivity index (χ2v) is 4.25. The van der Waals surface area contributed by atoms with E-state index >= 15 is 0 Å². The molecule has 1 aromatic carbocycles. The zero-order valence-electron chi connectivity index (χ0n) is 12.2. The van der Waals surface area contributed by atoms with Crippen LogP contribution in [0.1, 0.15) is 18.4 Å². The normalized spacial score (nSPS) is 13.0. The molecule has 0 spiro atoms. The van der Waals surface area contributed by atoms with Gasteiger partial charge in [-0.3, -0.25) is 0 Å². The third-order valence-corrected chi connectivity index (χ3v) is 2.45. The Balaban J connectivity index is 0.000000287. The summed E-state index contributed by atoms with van der Waals surface area (Å²) in [6.45, 7) is 1.42. The van der Waals surface area contributed by atoms with E-state index in [1.807, 2.05) is 30.3 Å². The van der Waals surface area contributed by atoms with Crippen LogP contribution in [0.15, 0.2) is 30.3 Å². The Bertz CT molecular complexity index is 425. The van der Waals surface area contributed by atoms with Crippen molar-refractivity contribution >= 4 is 12.3 Å². The fourth-order valence-electron chi connectivity index (χ4n) is 1.39. The molecule has 0 aromatic heterocycles. The summed E-state index contributed by atoms with van der Waals surface area (Å²) >= 11 is 0. The van der Waals surface area contributed by atoms with Gasteiger partial charge in [-0.2, -0.15) is 0 Å². The van der Waals surface area contributed by atoms with Crippen molar-refractivity contribution in [3.05, 3.63) is 35.9 Å². The second-order valence-electron chi connectivity index (χ2n) is 4.25. The molecule has 0 atom stereocenters. The van der Waals surface area contributed by atoms with Gasteiger partial charge in [0.1, 0.15) is 6.61 Å². The summed E-state index contributed by atoms with van der Waals surface area (Å²) < 4.78 is 18.3. The van der Waals surface area contributed by atoms with Crippen molar-refractivity contribution in [1.82, 2.24) is 0 Å². The molecule has 1 heterocycles. The molecule has 7 nitrogen and oxygen atoms in total. The molecule has 1 aliphatic rings. The van der Waals surface area contributed by atoms with Crippen LogP contribution in [0.3, 0.4) is 0 Å². The number of rotatable bonds is 5. The molecule has 1 fully saturated rings. The summed E-state index contributed by atoms with van der Waals surface area (Å²) in [7, 11) is 0. The predicted octanol–water partition coefficient (Wildman–Crippen LogP) is 2.27. The number of benzene rings is 1. The van der Waals surface area contributed by atoms with Crippen LogP contribution in [0, 0.1) is 0 Å². The first-order valence-electron chi connectivity index (χ1n) is 6.96. The van der Waals surface area contributed by atoms with Gasteiger partial charge in [0.05, 0.1) is 19.8 Å². The third kappa shape index (κ3) is 8.80. The molecule has 1 aliphatic heterocycles. The van der Waals surface area contributed by atoms with Crippen molar-refractivity contribution in [2.75, 3.05) is 26.4 Å². The lowest BCUT2D eigenvalue weighted by atomic mass is 10.2. The average Bonchev–Trinajstić information content (AvgIpc) is 2.55. The minimum atomic E-state index is -0.702. The highest BCUT2D eigenvalue weighted by Gasteiger charge is 2.07. The van der Waals surface area contributed by atoms with Gasteiger partial charge in [0.2, 0.25) is 0 Å². The molecule has 0 saturated carbocycles. The second kappa shape index (κ2) is 11.4. The molecular formula is C15H20O7. The number of ether oxygens (including phenoxy) is 4. The van der Waals surface area contributed by atoms with Crippen LogP contribution in [0.5, 0.6) is 0 Å². The third-order valence-electron chi connectivity index (χ3n) is 2.45. The van der Waals surface area contributed by atoms with E-state index in [4.69, 9.17) is 9.84 Å². The van der Waals surface area contributed by atoms with Crippen LogP contribution in [0.4, 0.5) is 9.59 Å². The molecule has 1 N–H and O–H groups in total. The maximum Gasteiger partial charge on any atom is 0.508 e. The molecule has 0 unspecified atom stereocenters. The first-order chi connectivity index (χ1) is 10.7. The zero-order chi connectivity index (χ0) is 16.0. The molecule has 0 amide bonds. The first kappa shape index (κ1) is 17.8. The molecule has 22 heavy (non-hydrogen) atoms. The van der Waals surface area contributed by atoms with Crippen LogP contribution in [-0.4, -0.2) is 43.8 Å². The van der Waals surface area contributed by atoms with Gasteiger partial charge < -0.3 is 24.1 Å². The van der Waals surface area contributed by atoms with E-state index in [0.717, 1.165) is 12.0 Å². The molecule has 0 bridgehead atoms. The summed E-state index contributed by atoms with van der Waals surface area (Å²) in [6.07, 6.45) is 0.0187. The van der Waals surface area contributed by atoms with E-state index in [1.165, 1.54) is 0 Å². The van der Waals surface area contributed by atoms with Crippen LogP contribution < -0.4 is 0 Å². The van der Waals surface area contributed by atoms with Crippen LogP contribution in [0.2, 0.25) is 0 Å². The van der Waals surface area contributed by atoms with Gasteiger partial charge in [-0.15, -0.1) is 0 Å². The molecular weight excluding hydrogens is 292 g/mol. The van der Waals surface area contributed by atoms with E-state index in [0.29, 0.717) is 19.6 Å². The Morgan fingerprint density at radius 3 is 2.36 bits per heavy atom. The summed E-state index contributed by atoms with van der Waals surface area (Å²) in [5.74, 6) is 0. The quantitative estimate of drug-likeness (QED) is 0.658. The number of carbonyl (C=O) groups is 2. The molecule has 1 aromatic rings. The Morgan fingerprint density at radius 2 is 1.82 bits per heavy atom. The fourth-order valence-corrected chi connectivity index (χ4v) is 1.39. The minimum absolute atomic E-state index is 0.00592. The summed E-state index contributed by atoms with van der Waals surface area (Å²) in [4.78, 5) is 21.0.